The first-order chi connectivity index (χ1) is 13.7. The highest BCUT2D eigenvalue weighted by Crippen LogP contribution is 2.34. The van der Waals surface area contributed by atoms with E-state index in [4.69, 9.17) is 4.74 Å². The van der Waals surface area contributed by atoms with Gasteiger partial charge in [0.25, 0.3) is 0 Å². The topological polar surface area (TPSA) is 54.5 Å². The molecule has 1 fully saturated rings. The summed E-state index contributed by atoms with van der Waals surface area (Å²) in [5.41, 5.74) is 3.13. The molecule has 0 radical (unpaired) electrons. The summed E-state index contributed by atoms with van der Waals surface area (Å²) in [6.45, 7) is 3.61. The predicted octanol–water partition coefficient (Wildman–Crippen LogP) is 4.72. The zero-order chi connectivity index (χ0) is 19.5. The smallest absolute Gasteiger partial charge is 0.231 e. The number of amides is 1. The van der Waals surface area contributed by atoms with Crippen LogP contribution < -0.4 is 15.0 Å². The minimum Gasteiger partial charge on any atom is -0.497 e. The summed E-state index contributed by atoms with van der Waals surface area (Å²) in [5.74, 6) is 0.896. The Morgan fingerprint density at radius 2 is 2.04 bits per heavy atom. The van der Waals surface area contributed by atoms with Gasteiger partial charge in [0, 0.05) is 24.8 Å². The number of hydrogen-bond acceptors (Lipinski definition) is 5. The molecule has 3 aromatic rings. The fourth-order valence-electron chi connectivity index (χ4n) is 3.34. The summed E-state index contributed by atoms with van der Waals surface area (Å²) < 4.78 is 6.39. The molecule has 146 valence electrons. The van der Waals surface area contributed by atoms with E-state index in [2.05, 4.69) is 34.3 Å². The molecular weight excluding hydrogens is 370 g/mol. The molecular formula is C22H25N3O2S. The van der Waals surface area contributed by atoms with Crippen molar-refractivity contribution in [2.75, 3.05) is 30.4 Å². The normalized spacial score (nSPS) is 14.1. The lowest BCUT2D eigenvalue weighted by atomic mass is 10.00. The molecule has 0 bridgehead atoms. The van der Waals surface area contributed by atoms with E-state index in [9.17, 15) is 4.79 Å². The van der Waals surface area contributed by atoms with Crippen molar-refractivity contribution in [3.63, 3.8) is 0 Å². The Morgan fingerprint density at radius 3 is 2.75 bits per heavy atom. The van der Waals surface area contributed by atoms with E-state index < -0.39 is 0 Å². The summed E-state index contributed by atoms with van der Waals surface area (Å²) >= 11 is 1.65. The Morgan fingerprint density at radius 1 is 1.25 bits per heavy atom. The number of aryl methyl sites for hydroxylation is 1. The van der Waals surface area contributed by atoms with Crippen molar-refractivity contribution in [1.29, 1.82) is 0 Å². The van der Waals surface area contributed by atoms with Gasteiger partial charge in [-0.25, -0.2) is 4.98 Å². The Hall–Kier alpha value is -2.60. The third kappa shape index (κ3) is 3.97. The first-order valence-electron chi connectivity index (χ1n) is 9.75. The molecule has 5 nitrogen and oxygen atoms in total. The largest absolute Gasteiger partial charge is 0.497 e. The number of unbranched alkanes of at least 4 members (excludes halogenated alkanes) is 1. The highest BCUT2D eigenvalue weighted by molar-refractivity contribution is 7.22. The van der Waals surface area contributed by atoms with E-state index in [-0.39, 0.29) is 11.8 Å². The van der Waals surface area contributed by atoms with Crippen molar-refractivity contribution < 1.29 is 9.53 Å². The maximum Gasteiger partial charge on any atom is 0.231 e. The van der Waals surface area contributed by atoms with Crippen LogP contribution in [0.5, 0.6) is 5.75 Å². The second-order valence-corrected chi connectivity index (χ2v) is 8.23. The van der Waals surface area contributed by atoms with Crippen LogP contribution >= 0.6 is 11.3 Å². The van der Waals surface area contributed by atoms with Gasteiger partial charge in [-0.05, 0) is 42.7 Å². The van der Waals surface area contributed by atoms with Crippen LogP contribution in [-0.4, -0.2) is 31.1 Å². The van der Waals surface area contributed by atoms with Crippen LogP contribution in [0, 0.1) is 5.92 Å². The van der Waals surface area contributed by atoms with Crippen LogP contribution in [0.15, 0.2) is 42.5 Å². The second-order valence-electron chi connectivity index (χ2n) is 7.22. The van der Waals surface area contributed by atoms with Crippen molar-refractivity contribution in [2.45, 2.75) is 26.2 Å². The van der Waals surface area contributed by atoms with Crippen molar-refractivity contribution in [3.8, 4) is 5.75 Å². The van der Waals surface area contributed by atoms with Crippen LogP contribution in [-0.2, 0) is 11.2 Å². The van der Waals surface area contributed by atoms with Gasteiger partial charge >= 0.3 is 0 Å². The van der Waals surface area contributed by atoms with Crippen molar-refractivity contribution >= 4 is 38.3 Å². The zero-order valence-electron chi connectivity index (χ0n) is 16.3. The summed E-state index contributed by atoms with van der Waals surface area (Å²) in [5, 5.41) is 4.01. The molecule has 1 N–H and O–H groups in total. The van der Waals surface area contributed by atoms with Crippen LogP contribution in [0.2, 0.25) is 0 Å². The van der Waals surface area contributed by atoms with Gasteiger partial charge in [-0.3, -0.25) is 4.79 Å². The molecule has 1 aliphatic heterocycles. The molecule has 4 rings (SSSR count). The fraction of sp³-hybridized carbons (Fsp3) is 0.364. The molecule has 0 atom stereocenters. The average Bonchev–Trinajstić information content (AvgIpc) is 3.08. The lowest BCUT2D eigenvalue weighted by molar-refractivity contribution is -0.120. The van der Waals surface area contributed by atoms with Gasteiger partial charge in [0.15, 0.2) is 5.13 Å². The monoisotopic (exact) mass is 395 g/mol. The number of hydrogen-bond donors (Lipinski definition) is 1. The summed E-state index contributed by atoms with van der Waals surface area (Å²) in [4.78, 5) is 19.4. The number of fused-ring (bicyclic) bond motifs is 1. The number of carbonyl (C=O) groups is 1. The van der Waals surface area contributed by atoms with Gasteiger partial charge < -0.3 is 15.0 Å². The van der Waals surface area contributed by atoms with Crippen LogP contribution in [0.25, 0.3) is 10.2 Å². The molecule has 2 aromatic carbocycles. The third-order valence-corrected chi connectivity index (χ3v) is 6.24. The van der Waals surface area contributed by atoms with Gasteiger partial charge in [0.05, 0.1) is 23.2 Å². The fourth-order valence-corrected chi connectivity index (χ4v) is 4.30. The number of methoxy groups -OCH3 is 1. The molecule has 6 heteroatoms. The number of nitrogens with zero attached hydrogens (tertiary/aromatic N) is 2. The number of aromatic nitrogens is 1. The zero-order valence-corrected chi connectivity index (χ0v) is 17.1. The van der Waals surface area contributed by atoms with Gasteiger partial charge in [0.1, 0.15) is 5.75 Å². The van der Waals surface area contributed by atoms with Crippen LogP contribution in [0.4, 0.5) is 10.8 Å². The molecule has 1 saturated heterocycles. The Bertz CT molecular complexity index is 962. The molecule has 1 amide bonds. The van der Waals surface area contributed by atoms with E-state index >= 15 is 0 Å². The lowest BCUT2D eigenvalue weighted by Crippen LogP contribution is -2.52. The number of thiazole rings is 1. The molecule has 28 heavy (non-hydrogen) atoms. The lowest BCUT2D eigenvalue weighted by Gasteiger charge is -2.37. The number of ether oxygens (including phenoxy) is 1. The molecule has 2 heterocycles. The van der Waals surface area contributed by atoms with Gasteiger partial charge in [-0.2, -0.15) is 0 Å². The van der Waals surface area contributed by atoms with E-state index in [0.29, 0.717) is 13.1 Å². The van der Waals surface area contributed by atoms with E-state index in [1.165, 1.54) is 18.4 Å². The maximum absolute atomic E-state index is 12.5. The van der Waals surface area contributed by atoms with E-state index in [1.807, 2.05) is 30.3 Å². The standard InChI is InChI=1S/C22H25N3O2S/c1-3-4-5-15-6-8-17(9-7-15)23-21(26)16-13-25(14-16)22-24-19-12-18(27-2)10-11-20(19)28-22/h6-12,16H,3-5,13-14H2,1-2H3,(H,23,26). The Labute approximate surface area is 169 Å². The molecule has 1 aromatic heterocycles. The van der Waals surface area contributed by atoms with Gasteiger partial charge in [-0.15, -0.1) is 0 Å². The molecule has 0 unspecified atom stereocenters. The first kappa shape index (κ1) is 18.7. The van der Waals surface area contributed by atoms with E-state index in [0.717, 1.165) is 33.2 Å². The van der Waals surface area contributed by atoms with Crippen molar-refractivity contribution in [1.82, 2.24) is 4.98 Å². The van der Waals surface area contributed by atoms with Crippen molar-refractivity contribution in [3.05, 3.63) is 48.0 Å². The number of rotatable bonds is 7. The number of nitrogens with one attached hydrogen (secondary N) is 1. The SMILES string of the molecule is CCCCc1ccc(NC(=O)C2CN(c3nc4cc(OC)ccc4s3)C2)cc1. The summed E-state index contributed by atoms with van der Waals surface area (Å²) in [6, 6.07) is 14.1. The minimum absolute atomic E-state index is 0.00122. The quantitative estimate of drug-likeness (QED) is 0.629. The number of carbonyl (C=O) groups excluding carboxylic acids is 1. The molecule has 0 aliphatic carbocycles. The average molecular weight is 396 g/mol. The van der Waals surface area contributed by atoms with Crippen molar-refractivity contribution in [2.24, 2.45) is 5.92 Å². The number of benzene rings is 2. The van der Waals surface area contributed by atoms with Gasteiger partial charge in [-0.1, -0.05) is 36.8 Å². The second kappa shape index (κ2) is 8.19. The van der Waals surface area contributed by atoms with Crippen LogP contribution in [0.1, 0.15) is 25.3 Å². The highest BCUT2D eigenvalue weighted by Gasteiger charge is 2.34. The Kier molecular flexibility index (Phi) is 5.48. The Balaban J connectivity index is 1.32. The van der Waals surface area contributed by atoms with E-state index in [1.54, 1.807) is 18.4 Å². The molecule has 1 aliphatic rings. The third-order valence-electron chi connectivity index (χ3n) is 5.15. The molecule has 0 spiro atoms. The van der Waals surface area contributed by atoms with Gasteiger partial charge in [0.2, 0.25) is 5.91 Å². The highest BCUT2D eigenvalue weighted by atomic mass is 32.1. The predicted molar refractivity (Wildman–Crippen MR) is 116 cm³/mol. The number of anilines is 2. The minimum atomic E-state index is 0.00122. The molecule has 0 saturated carbocycles. The first-order valence-corrected chi connectivity index (χ1v) is 10.6. The maximum atomic E-state index is 12.5. The summed E-state index contributed by atoms with van der Waals surface area (Å²) in [7, 11) is 1.66. The summed E-state index contributed by atoms with van der Waals surface area (Å²) in [6.07, 6.45) is 3.48. The van der Waals surface area contributed by atoms with Crippen LogP contribution in [0.3, 0.4) is 0 Å².